The minimum absolute atomic E-state index is 0. The van der Waals surface area contributed by atoms with E-state index in [4.69, 9.17) is 14.5 Å². The standard InChI is InChI=1S/C21H31N3O3.HI/c1-2-22-19(23-12-20(13-25)14-26-15-20)24-17-11-21(9-5-6-10-21)27-18-8-4-3-7-16(17)18;/h3-4,7-8,17,25H,2,5-6,9-15H2,1H3,(H2,22,23,24);1H. The number of nitrogens with one attached hydrogen (secondary N) is 2. The fraction of sp³-hybridized carbons (Fsp3) is 0.667. The largest absolute Gasteiger partial charge is 0.487 e. The number of hydrogen-bond acceptors (Lipinski definition) is 4. The van der Waals surface area contributed by atoms with Crippen molar-refractivity contribution in [3.63, 3.8) is 0 Å². The van der Waals surface area contributed by atoms with E-state index < -0.39 is 0 Å². The van der Waals surface area contributed by atoms with E-state index in [0.29, 0.717) is 19.8 Å². The molecule has 1 atom stereocenters. The highest BCUT2D eigenvalue weighted by Crippen LogP contribution is 2.46. The highest BCUT2D eigenvalue weighted by molar-refractivity contribution is 14.0. The van der Waals surface area contributed by atoms with Gasteiger partial charge in [-0.2, -0.15) is 0 Å². The molecule has 2 heterocycles. The normalized spacial score (nSPS) is 24.5. The first-order chi connectivity index (χ1) is 13.2. The number of halogens is 1. The first kappa shape index (κ1) is 21.6. The number of hydrogen-bond donors (Lipinski definition) is 3. The topological polar surface area (TPSA) is 75.1 Å². The van der Waals surface area contributed by atoms with Gasteiger partial charge in [0.1, 0.15) is 11.4 Å². The molecule has 4 rings (SSSR count). The van der Waals surface area contributed by atoms with Crippen LogP contribution in [0.3, 0.4) is 0 Å². The summed E-state index contributed by atoms with van der Waals surface area (Å²) in [5, 5.41) is 16.7. The van der Waals surface area contributed by atoms with Gasteiger partial charge < -0.3 is 25.2 Å². The first-order valence-corrected chi connectivity index (χ1v) is 10.2. The fourth-order valence-electron chi connectivity index (χ4n) is 4.43. The summed E-state index contributed by atoms with van der Waals surface area (Å²) >= 11 is 0. The van der Waals surface area contributed by atoms with Crippen LogP contribution in [0.4, 0.5) is 0 Å². The Hall–Kier alpha value is -1.06. The van der Waals surface area contributed by atoms with E-state index in [1.165, 1.54) is 18.4 Å². The number of nitrogens with zero attached hydrogens (tertiary/aromatic N) is 1. The van der Waals surface area contributed by atoms with Crippen LogP contribution in [0.2, 0.25) is 0 Å². The summed E-state index contributed by atoms with van der Waals surface area (Å²) < 4.78 is 11.8. The zero-order chi connectivity index (χ0) is 18.7. The maximum atomic E-state index is 9.66. The molecule has 1 aromatic rings. The number of ether oxygens (including phenoxy) is 2. The second-order valence-electron chi connectivity index (χ2n) is 8.28. The molecule has 1 aliphatic carbocycles. The monoisotopic (exact) mass is 501 g/mol. The van der Waals surface area contributed by atoms with Crippen LogP contribution >= 0.6 is 24.0 Å². The average molecular weight is 501 g/mol. The van der Waals surface area contributed by atoms with Gasteiger partial charge in [0, 0.05) is 18.5 Å². The molecule has 3 aliphatic rings. The van der Waals surface area contributed by atoms with Crippen molar-refractivity contribution in [3.05, 3.63) is 29.8 Å². The predicted molar refractivity (Wildman–Crippen MR) is 120 cm³/mol. The third kappa shape index (κ3) is 4.41. The zero-order valence-corrected chi connectivity index (χ0v) is 18.9. The maximum Gasteiger partial charge on any atom is 0.191 e. The molecular formula is C21H32IN3O3. The molecule has 1 spiro atoms. The van der Waals surface area contributed by atoms with Crippen molar-refractivity contribution in [2.24, 2.45) is 10.4 Å². The molecule has 7 heteroatoms. The summed E-state index contributed by atoms with van der Waals surface area (Å²) in [6.45, 7) is 4.70. The van der Waals surface area contributed by atoms with Gasteiger partial charge in [0.05, 0.1) is 37.8 Å². The highest BCUT2D eigenvalue weighted by Gasteiger charge is 2.43. The summed E-state index contributed by atoms with van der Waals surface area (Å²) in [7, 11) is 0. The number of aliphatic hydroxyl groups excluding tert-OH is 1. The van der Waals surface area contributed by atoms with Gasteiger partial charge in [0.2, 0.25) is 0 Å². The van der Waals surface area contributed by atoms with Crippen LogP contribution in [0.15, 0.2) is 29.3 Å². The van der Waals surface area contributed by atoms with Gasteiger partial charge in [0.15, 0.2) is 5.96 Å². The molecule has 0 amide bonds. The van der Waals surface area contributed by atoms with E-state index in [2.05, 4.69) is 35.8 Å². The van der Waals surface area contributed by atoms with E-state index in [1.807, 2.05) is 6.07 Å². The summed E-state index contributed by atoms with van der Waals surface area (Å²) in [6, 6.07) is 8.52. The van der Waals surface area contributed by atoms with E-state index in [9.17, 15) is 5.11 Å². The SMILES string of the molecule is CCNC(=NCC1(CO)COC1)NC1CC2(CCCC2)Oc2ccccc21.I. The van der Waals surface area contributed by atoms with Gasteiger partial charge in [-0.3, -0.25) is 4.99 Å². The van der Waals surface area contributed by atoms with Gasteiger partial charge in [-0.05, 0) is 38.7 Å². The number of fused-ring (bicyclic) bond motifs is 1. The van der Waals surface area contributed by atoms with Crippen LogP contribution in [0.1, 0.15) is 50.6 Å². The van der Waals surface area contributed by atoms with E-state index in [-0.39, 0.29) is 47.6 Å². The molecule has 1 saturated heterocycles. The van der Waals surface area contributed by atoms with Crippen molar-refractivity contribution >= 4 is 29.9 Å². The minimum Gasteiger partial charge on any atom is -0.487 e. The summed E-state index contributed by atoms with van der Waals surface area (Å²) in [5.74, 6) is 1.80. The number of para-hydroxylation sites is 1. The molecule has 0 aromatic heterocycles. The molecular weight excluding hydrogens is 469 g/mol. The highest BCUT2D eigenvalue weighted by atomic mass is 127. The fourth-order valence-corrected chi connectivity index (χ4v) is 4.43. The number of guanidine groups is 1. The Morgan fingerprint density at radius 3 is 2.64 bits per heavy atom. The van der Waals surface area contributed by atoms with Crippen molar-refractivity contribution in [1.82, 2.24) is 10.6 Å². The van der Waals surface area contributed by atoms with E-state index in [0.717, 1.165) is 37.5 Å². The third-order valence-corrected chi connectivity index (χ3v) is 6.09. The lowest BCUT2D eigenvalue weighted by Crippen LogP contribution is -2.50. The summed E-state index contributed by atoms with van der Waals surface area (Å²) in [5.41, 5.74) is 0.935. The lowest BCUT2D eigenvalue weighted by molar-refractivity contribution is -0.130. The second-order valence-corrected chi connectivity index (χ2v) is 8.28. The van der Waals surface area contributed by atoms with Gasteiger partial charge >= 0.3 is 0 Å². The summed E-state index contributed by atoms with van der Waals surface area (Å²) in [4.78, 5) is 4.77. The molecule has 28 heavy (non-hydrogen) atoms. The van der Waals surface area contributed by atoms with Gasteiger partial charge in [0.25, 0.3) is 0 Å². The van der Waals surface area contributed by atoms with Crippen molar-refractivity contribution in [1.29, 1.82) is 0 Å². The first-order valence-electron chi connectivity index (χ1n) is 10.2. The van der Waals surface area contributed by atoms with Crippen molar-refractivity contribution in [2.45, 2.75) is 50.7 Å². The molecule has 1 saturated carbocycles. The Balaban J connectivity index is 0.00000225. The van der Waals surface area contributed by atoms with Crippen LogP contribution in [0, 0.1) is 5.41 Å². The Morgan fingerprint density at radius 2 is 2.00 bits per heavy atom. The van der Waals surface area contributed by atoms with Crippen LogP contribution in [0.5, 0.6) is 5.75 Å². The third-order valence-electron chi connectivity index (χ3n) is 6.09. The van der Waals surface area contributed by atoms with Crippen molar-refractivity contribution < 1.29 is 14.6 Å². The van der Waals surface area contributed by atoms with Gasteiger partial charge in [-0.1, -0.05) is 18.2 Å². The predicted octanol–water partition coefficient (Wildman–Crippen LogP) is 3.01. The molecule has 6 nitrogen and oxygen atoms in total. The number of aliphatic hydroxyl groups is 1. The van der Waals surface area contributed by atoms with Gasteiger partial charge in [-0.25, -0.2) is 0 Å². The average Bonchev–Trinajstić information content (AvgIpc) is 3.08. The zero-order valence-electron chi connectivity index (χ0n) is 16.6. The lowest BCUT2D eigenvalue weighted by Gasteiger charge is -2.41. The minimum atomic E-state index is -0.220. The van der Waals surface area contributed by atoms with Gasteiger partial charge in [-0.15, -0.1) is 24.0 Å². The lowest BCUT2D eigenvalue weighted by atomic mass is 9.86. The van der Waals surface area contributed by atoms with Crippen molar-refractivity contribution in [3.8, 4) is 5.75 Å². The number of aliphatic imine (C=N–C) groups is 1. The van der Waals surface area contributed by atoms with Crippen LogP contribution in [0.25, 0.3) is 0 Å². The molecule has 1 aromatic carbocycles. The van der Waals surface area contributed by atoms with E-state index in [1.54, 1.807) is 0 Å². The molecule has 0 bridgehead atoms. The number of benzene rings is 1. The Bertz CT molecular complexity index is 682. The van der Waals surface area contributed by atoms with E-state index >= 15 is 0 Å². The van der Waals surface area contributed by atoms with Crippen LogP contribution < -0.4 is 15.4 Å². The molecule has 156 valence electrons. The Morgan fingerprint density at radius 1 is 1.25 bits per heavy atom. The number of rotatable bonds is 5. The van der Waals surface area contributed by atoms with Crippen LogP contribution in [-0.4, -0.2) is 49.6 Å². The molecule has 3 N–H and O–H groups in total. The molecule has 0 radical (unpaired) electrons. The Labute approximate surface area is 184 Å². The Kier molecular flexibility index (Phi) is 7.09. The maximum absolute atomic E-state index is 9.66. The van der Waals surface area contributed by atoms with Crippen molar-refractivity contribution in [2.75, 3.05) is 32.9 Å². The van der Waals surface area contributed by atoms with Crippen LogP contribution in [-0.2, 0) is 4.74 Å². The smallest absolute Gasteiger partial charge is 0.191 e. The second kappa shape index (κ2) is 9.17. The molecule has 2 fully saturated rings. The quantitative estimate of drug-likeness (QED) is 0.329. The summed E-state index contributed by atoms with van der Waals surface area (Å²) in [6.07, 6.45) is 5.68. The molecule has 1 unspecified atom stereocenters. The molecule has 2 aliphatic heterocycles.